The lowest BCUT2D eigenvalue weighted by atomic mass is 10.2. The summed E-state index contributed by atoms with van der Waals surface area (Å²) < 4.78 is 2.10. The quantitative estimate of drug-likeness (QED) is 0.539. The first kappa shape index (κ1) is 18.3. The van der Waals surface area contributed by atoms with Crippen molar-refractivity contribution in [3.05, 3.63) is 59.4 Å². The molecule has 0 spiro atoms. The van der Waals surface area contributed by atoms with E-state index in [2.05, 4.69) is 32.3 Å². The van der Waals surface area contributed by atoms with Crippen LogP contribution in [0, 0.1) is 6.92 Å². The van der Waals surface area contributed by atoms with E-state index >= 15 is 0 Å². The fourth-order valence-electron chi connectivity index (χ4n) is 2.88. The molecule has 0 saturated carbocycles. The maximum absolute atomic E-state index is 12.3. The number of rotatable bonds is 5. The lowest BCUT2D eigenvalue weighted by Crippen LogP contribution is -2.17. The highest BCUT2D eigenvalue weighted by Crippen LogP contribution is 2.17. The first-order valence-electron chi connectivity index (χ1n) is 8.66. The molecule has 7 nitrogen and oxygen atoms in total. The Hall–Kier alpha value is -3.48. The number of hydrogen-bond donors (Lipinski definition) is 2. The Labute approximate surface area is 157 Å². The third-order valence-corrected chi connectivity index (χ3v) is 4.13. The number of carbonyl (C=O) groups excluding carboxylic acids is 2. The molecular formula is C20H21N5O2. The summed E-state index contributed by atoms with van der Waals surface area (Å²) in [6.45, 7) is 6.30. The molecule has 2 N–H and O–H groups in total. The van der Waals surface area contributed by atoms with Crippen LogP contribution in [0.4, 0.5) is 5.69 Å². The molecule has 7 heteroatoms. The Bertz CT molecular complexity index is 1020. The molecule has 1 heterocycles. The highest BCUT2D eigenvalue weighted by molar-refractivity contribution is 5.98. The van der Waals surface area contributed by atoms with Crippen LogP contribution in [0.5, 0.6) is 0 Å². The van der Waals surface area contributed by atoms with Crippen LogP contribution in [0.3, 0.4) is 0 Å². The summed E-state index contributed by atoms with van der Waals surface area (Å²) in [5.41, 5.74) is 6.33. The molecule has 0 fully saturated rings. The van der Waals surface area contributed by atoms with Crippen molar-refractivity contribution < 1.29 is 9.59 Å². The van der Waals surface area contributed by atoms with E-state index in [4.69, 9.17) is 0 Å². The highest BCUT2D eigenvalue weighted by Gasteiger charge is 2.10. The number of anilines is 1. The fourth-order valence-corrected chi connectivity index (χ4v) is 2.88. The number of hydrogen-bond acceptors (Lipinski definition) is 4. The Morgan fingerprint density at radius 1 is 1.19 bits per heavy atom. The van der Waals surface area contributed by atoms with Crippen LogP contribution in [-0.4, -0.2) is 27.6 Å². The van der Waals surface area contributed by atoms with Crippen molar-refractivity contribution in [3.8, 4) is 0 Å². The van der Waals surface area contributed by atoms with Crippen LogP contribution in [0.25, 0.3) is 11.0 Å². The van der Waals surface area contributed by atoms with E-state index in [0.29, 0.717) is 11.3 Å². The van der Waals surface area contributed by atoms with Gasteiger partial charge < -0.3 is 9.88 Å². The smallest absolute Gasteiger partial charge is 0.271 e. The van der Waals surface area contributed by atoms with Gasteiger partial charge >= 0.3 is 0 Å². The first-order chi connectivity index (χ1) is 13.0. The van der Waals surface area contributed by atoms with Gasteiger partial charge in [0.05, 0.1) is 17.2 Å². The molecule has 3 aromatic rings. The molecule has 0 aliphatic rings. The molecule has 27 heavy (non-hydrogen) atoms. The Balaban J connectivity index is 1.67. The number of benzene rings is 2. The number of imidazole rings is 1. The molecule has 138 valence electrons. The number of carbonyl (C=O) groups is 2. The second-order valence-electron chi connectivity index (χ2n) is 6.11. The number of hydrazone groups is 1. The van der Waals surface area contributed by atoms with Gasteiger partial charge in [0, 0.05) is 24.7 Å². The van der Waals surface area contributed by atoms with Crippen molar-refractivity contribution in [1.82, 2.24) is 15.0 Å². The maximum Gasteiger partial charge on any atom is 0.271 e. The third kappa shape index (κ3) is 4.20. The van der Waals surface area contributed by atoms with Gasteiger partial charge in [-0.25, -0.2) is 10.4 Å². The first-order valence-corrected chi connectivity index (χ1v) is 8.66. The van der Waals surface area contributed by atoms with Gasteiger partial charge in [-0.05, 0) is 49.7 Å². The summed E-state index contributed by atoms with van der Waals surface area (Å²) in [5.74, 6) is 0.497. The zero-order valence-electron chi connectivity index (χ0n) is 15.5. The monoisotopic (exact) mass is 363 g/mol. The predicted octanol–water partition coefficient (Wildman–Crippen LogP) is 3.09. The van der Waals surface area contributed by atoms with Gasteiger partial charge in [-0.2, -0.15) is 5.10 Å². The minimum absolute atomic E-state index is 0.125. The van der Waals surface area contributed by atoms with E-state index in [1.54, 1.807) is 42.6 Å². The Kier molecular flexibility index (Phi) is 5.30. The van der Waals surface area contributed by atoms with Gasteiger partial charge in [-0.3, -0.25) is 9.59 Å². The van der Waals surface area contributed by atoms with Gasteiger partial charge in [0.1, 0.15) is 5.82 Å². The average Bonchev–Trinajstić information content (AvgIpc) is 2.96. The molecule has 0 radical (unpaired) electrons. The van der Waals surface area contributed by atoms with E-state index in [-0.39, 0.29) is 11.8 Å². The van der Waals surface area contributed by atoms with E-state index in [1.165, 1.54) is 6.92 Å². The van der Waals surface area contributed by atoms with Crippen LogP contribution in [0.1, 0.15) is 35.6 Å². The van der Waals surface area contributed by atoms with Crippen molar-refractivity contribution in [3.63, 3.8) is 0 Å². The summed E-state index contributed by atoms with van der Waals surface area (Å²) in [4.78, 5) is 27.8. The zero-order valence-corrected chi connectivity index (χ0v) is 15.5. The summed E-state index contributed by atoms with van der Waals surface area (Å²) in [7, 11) is 0. The SMILES string of the molecule is CCn1c(C)nc2cc(C(=O)N/N=C\c3ccc(NC(C)=O)cc3)ccc21. The normalized spacial score (nSPS) is 11.1. The number of aromatic nitrogens is 2. The van der Waals surface area contributed by atoms with Crippen molar-refractivity contribution in [1.29, 1.82) is 0 Å². The van der Waals surface area contributed by atoms with Gasteiger partial charge in [-0.1, -0.05) is 12.1 Å². The van der Waals surface area contributed by atoms with Gasteiger partial charge in [0.15, 0.2) is 0 Å². The summed E-state index contributed by atoms with van der Waals surface area (Å²) in [6.07, 6.45) is 1.55. The number of nitrogens with zero attached hydrogens (tertiary/aromatic N) is 3. The minimum atomic E-state index is -0.299. The maximum atomic E-state index is 12.3. The standard InChI is InChI=1S/C20H21N5O2/c1-4-25-13(2)22-18-11-16(7-10-19(18)25)20(27)24-21-12-15-5-8-17(9-6-15)23-14(3)26/h5-12H,4H2,1-3H3,(H,23,26)(H,24,27)/b21-12-. The van der Waals surface area contributed by atoms with Crippen molar-refractivity contribution in [2.75, 3.05) is 5.32 Å². The summed E-state index contributed by atoms with van der Waals surface area (Å²) in [6, 6.07) is 12.6. The van der Waals surface area contributed by atoms with Crippen LogP contribution >= 0.6 is 0 Å². The van der Waals surface area contributed by atoms with Crippen LogP contribution < -0.4 is 10.7 Å². The van der Waals surface area contributed by atoms with Crippen molar-refractivity contribution >= 4 is 34.7 Å². The van der Waals surface area contributed by atoms with E-state index in [9.17, 15) is 9.59 Å². The summed E-state index contributed by atoms with van der Waals surface area (Å²) in [5, 5.41) is 6.68. The lowest BCUT2D eigenvalue weighted by Gasteiger charge is -2.03. The molecule has 0 unspecified atom stereocenters. The second-order valence-corrected chi connectivity index (χ2v) is 6.11. The zero-order chi connectivity index (χ0) is 19.4. The Morgan fingerprint density at radius 2 is 1.93 bits per heavy atom. The van der Waals surface area contributed by atoms with Crippen molar-refractivity contribution in [2.24, 2.45) is 5.10 Å². The summed E-state index contributed by atoms with van der Waals surface area (Å²) >= 11 is 0. The van der Waals surface area contributed by atoms with E-state index in [1.807, 2.05) is 13.0 Å². The largest absolute Gasteiger partial charge is 0.329 e. The van der Waals surface area contributed by atoms with Crippen LogP contribution in [-0.2, 0) is 11.3 Å². The third-order valence-electron chi connectivity index (χ3n) is 4.13. The fraction of sp³-hybridized carbons (Fsp3) is 0.200. The molecule has 0 bridgehead atoms. The molecule has 0 aliphatic heterocycles. The molecule has 0 aliphatic carbocycles. The lowest BCUT2D eigenvalue weighted by molar-refractivity contribution is -0.114. The second kappa shape index (κ2) is 7.82. The number of aryl methyl sites for hydroxylation is 2. The van der Waals surface area contributed by atoms with Gasteiger partial charge in [-0.15, -0.1) is 0 Å². The Morgan fingerprint density at radius 3 is 2.59 bits per heavy atom. The van der Waals surface area contributed by atoms with Crippen LogP contribution in [0.2, 0.25) is 0 Å². The average molecular weight is 363 g/mol. The van der Waals surface area contributed by atoms with E-state index in [0.717, 1.165) is 29.0 Å². The predicted molar refractivity (Wildman–Crippen MR) is 106 cm³/mol. The van der Waals surface area contributed by atoms with Crippen molar-refractivity contribution in [2.45, 2.75) is 27.3 Å². The minimum Gasteiger partial charge on any atom is -0.329 e. The van der Waals surface area contributed by atoms with Crippen LogP contribution in [0.15, 0.2) is 47.6 Å². The molecule has 3 rings (SSSR count). The molecule has 2 aromatic carbocycles. The molecule has 2 amide bonds. The molecule has 1 aromatic heterocycles. The molecule has 0 atom stereocenters. The van der Waals surface area contributed by atoms with Gasteiger partial charge in [0.25, 0.3) is 5.91 Å². The number of nitrogens with one attached hydrogen (secondary N) is 2. The molecular weight excluding hydrogens is 342 g/mol. The molecule has 0 saturated heterocycles. The van der Waals surface area contributed by atoms with Gasteiger partial charge in [0.2, 0.25) is 5.91 Å². The topological polar surface area (TPSA) is 88.4 Å². The highest BCUT2D eigenvalue weighted by atomic mass is 16.2. The number of amides is 2. The van der Waals surface area contributed by atoms with E-state index < -0.39 is 0 Å². The number of fused-ring (bicyclic) bond motifs is 1.